The van der Waals surface area contributed by atoms with Gasteiger partial charge in [-0.05, 0) is 23.8 Å². The van der Waals surface area contributed by atoms with Crippen LogP contribution in [0.4, 0.5) is 10.8 Å². The Morgan fingerprint density at radius 1 is 1.27 bits per heavy atom. The van der Waals surface area contributed by atoms with Gasteiger partial charge in [0.15, 0.2) is 22.2 Å². The molecule has 0 aliphatic heterocycles. The molecule has 0 saturated heterocycles. The van der Waals surface area contributed by atoms with E-state index in [0.717, 1.165) is 5.39 Å². The molecule has 0 aliphatic rings. The molecule has 0 spiro atoms. The third kappa shape index (κ3) is 4.06. The number of carbonyl (C=O) groups excluding carboxylic acids is 1. The summed E-state index contributed by atoms with van der Waals surface area (Å²) in [6, 6.07) is 13.5. The number of hydrogen-bond donors (Lipinski definition) is 1. The highest BCUT2D eigenvalue weighted by molar-refractivity contribution is 7.14. The molecule has 0 fully saturated rings. The van der Waals surface area contributed by atoms with E-state index in [1.807, 2.05) is 24.3 Å². The SMILES string of the molecule is COc1cccc2cc(-c3csc(NC(=O)C=Cc4cccc([N+](=O)[O-])c4)n3)oc12. The van der Waals surface area contributed by atoms with E-state index in [9.17, 15) is 14.9 Å². The molecule has 0 saturated carbocycles. The molecular formula is C21H15N3O5S. The number of nitro groups is 1. The molecule has 2 aromatic heterocycles. The number of furan rings is 1. The number of anilines is 1. The van der Waals surface area contributed by atoms with Gasteiger partial charge in [0.2, 0.25) is 5.91 Å². The summed E-state index contributed by atoms with van der Waals surface area (Å²) in [5.74, 6) is 0.806. The van der Waals surface area contributed by atoms with Crippen LogP contribution in [0.5, 0.6) is 5.75 Å². The number of para-hydroxylation sites is 1. The van der Waals surface area contributed by atoms with Gasteiger partial charge in [0.1, 0.15) is 5.69 Å². The fourth-order valence-electron chi connectivity index (χ4n) is 2.83. The summed E-state index contributed by atoms with van der Waals surface area (Å²) in [6.45, 7) is 0. The maximum atomic E-state index is 12.2. The smallest absolute Gasteiger partial charge is 0.270 e. The molecule has 0 atom stereocenters. The van der Waals surface area contributed by atoms with Crippen molar-refractivity contribution in [2.24, 2.45) is 0 Å². The normalized spacial score (nSPS) is 11.1. The summed E-state index contributed by atoms with van der Waals surface area (Å²) in [5.41, 5.74) is 1.74. The van der Waals surface area contributed by atoms with Crippen molar-refractivity contribution in [3.05, 3.63) is 75.7 Å². The van der Waals surface area contributed by atoms with Crippen LogP contribution >= 0.6 is 11.3 Å². The van der Waals surface area contributed by atoms with Crippen LogP contribution in [-0.2, 0) is 4.79 Å². The van der Waals surface area contributed by atoms with Crippen molar-refractivity contribution in [2.75, 3.05) is 12.4 Å². The fourth-order valence-corrected chi connectivity index (χ4v) is 3.53. The molecule has 0 radical (unpaired) electrons. The third-order valence-electron chi connectivity index (χ3n) is 4.22. The van der Waals surface area contributed by atoms with Gasteiger partial charge in [0, 0.05) is 29.0 Å². The van der Waals surface area contributed by atoms with Crippen molar-refractivity contribution < 1.29 is 18.9 Å². The molecule has 0 aliphatic carbocycles. The number of methoxy groups -OCH3 is 1. The lowest BCUT2D eigenvalue weighted by atomic mass is 10.2. The molecule has 4 rings (SSSR count). The van der Waals surface area contributed by atoms with Crippen molar-refractivity contribution in [1.82, 2.24) is 4.98 Å². The quantitative estimate of drug-likeness (QED) is 0.263. The summed E-state index contributed by atoms with van der Waals surface area (Å²) >= 11 is 1.26. The number of amides is 1. The molecule has 1 amide bonds. The lowest BCUT2D eigenvalue weighted by molar-refractivity contribution is -0.384. The monoisotopic (exact) mass is 421 g/mol. The Labute approximate surface area is 174 Å². The van der Waals surface area contributed by atoms with Crippen LogP contribution in [0.25, 0.3) is 28.5 Å². The number of nitro benzene ring substituents is 1. The number of fused-ring (bicyclic) bond motifs is 1. The summed E-state index contributed by atoms with van der Waals surface area (Å²) in [6.07, 6.45) is 2.80. The molecule has 2 heterocycles. The first kappa shape index (κ1) is 19.3. The predicted octanol–water partition coefficient (Wildman–Crippen LogP) is 5.13. The molecule has 2 aromatic carbocycles. The van der Waals surface area contributed by atoms with Crippen LogP contribution in [0.15, 0.2) is 64.4 Å². The Morgan fingerprint density at radius 2 is 2.10 bits per heavy atom. The highest BCUT2D eigenvalue weighted by Gasteiger charge is 2.13. The van der Waals surface area contributed by atoms with Crippen LogP contribution < -0.4 is 10.1 Å². The summed E-state index contributed by atoms with van der Waals surface area (Å²) in [5, 5.41) is 16.6. The van der Waals surface area contributed by atoms with Crippen molar-refractivity contribution >= 4 is 45.1 Å². The van der Waals surface area contributed by atoms with E-state index in [4.69, 9.17) is 9.15 Å². The number of aromatic nitrogens is 1. The fraction of sp³-hybridized carbons (Fsp3) is 0.0476. The molecule has 8 nitrogen and oxygen atoms in total. The molecule has 4 aromatic rings. The van der Waals surface area contributed by atoms with Crippen molar-refractivity contribution in [3.63, 3.8) is 0 Å². The highest BCUT2D eigenvalue weighted by atomic mass is 32.1. The summed E-state index contributed by atoms with van der Waals surface area (Å²) < 4.78 is 11.2. The van der Waals surface area contributed by atoms with Gasteiger partial charge in [0.25, 0.3) is 5.69 Å². The number of ether oxygens (including phenoxy) is 1. The van der Waals surface area contributed by atoms with Crippen LogP contribution in [0.2, 0.25) is 0 Å². The van der Waals surface area contributed by atoms with Crippen LogP contribution in [-0.4, -0.2) is 22.9 Å². The van der Waals surface area contributed by atoms with Gasteiger partial charge in [-0.25, -0.2) is 4.98 Å². The Balaban J connectivity index is 1.47. The van der Waals surface area contributed by atoms with E-state index in [-0.39, 0.29) is 5.69 Å². The molecule has 9 heteroatoms. The number of carbonyl (C=O) groups is 1. The zero-order valence-electron chi connectivity index (χ0n) is 15.7. The lowest BCUT2D eigenvalue weighted by Gasteiger charge is -1.98. The minimum absolute atomic E-state index is 0.0374. The van der Waals surface area contributed by atoms with E-state index >= 15 is 0 Å². The molecule has 1 N–H and O–H groups in total. The van der Waals surface area contributed by atoms with E-state index in [1.165, 1.54) is 35.6 Å². The summed E-state index contributed by atoms with van der Waals surface area (Å²) in [7, 11) is 1.58. The van der Waals surface area contributed by atoms with Gasteiger partial charge in [-0.2, -0.15) is 0 Å². The maximum Gasteiger partial charge on any atom is 0.270 e. The Kier molecular flexibility index (Phi) is 5.27. The average Bonchev–Trinajstić information content (AvgIpc) is 3.39. The number of nitrogens with zero attached hydrogens (tertiary/aromatic N) is 2. The van der Waals surface area contributed by atoms with Crippen LogP contribution in [0.3, 0.4) is 0 Å². The lowest BCUT2D eigenvalue weighted by Crippen LogP contribution is -2.07. The van der Waals surface area contributed by atoms with Gasteiger partial charge in [0.05, 0.1) is 12.0 Å². The van der Waals surface area contributed by atoms with E-state index in [1.54, 1.807) is 24.6 Å². The van der Waals surface area contributed by atoms with Gasteiger partial charge in [-0.15, -0.1) is 11.3 Å². The van der Waals surface area contributed by atoms with Crippen molar-refractivity contribution in [2.45, 2.75) is 0 Å². The van der Waals surface area contributed by atoms with E-state index in [0.29, 0.717) is 33.5 Å². The first-order chi connectivity index (χ1) is 14.5. The average molecular weight is 421 g/mol. The van der Waals surface area contributed by atoms with Crippen LogP contribution in [0, 0.1) is 10.1 Å². The Morgan fingerprint density at radius 3 is 2.90 bits per heavy atom. The largest absolute Gasteiger partial charge is 0.493 e. The van der Waals surface area contributed by atoms with Gasteiger partial charge < -0.3 is 9.15 Å². The molecule has 30 heavy (non-hydrogen) atoms. The number of nitrogens with one attached hydrogen (secondary N) is 1. The third-order valence-corrected chi connectivity index (χ3v) is 4.98. The molecular weight excluding hydrogens is 406 g/mol. The standard InChI is InChI=1S/C21H15N3O5S/c1-28-17-7-3-5-14-11-18(29-20(14)17)16-12-30-21(22-16)23-19(25)9-8-13-4-2-6-15(10-13)24(26)27/h2-12H,1H3,(H,22,23,25). The second-order valence-electron chi connectivity index (χ2n) is 6.20. The van der Waals surface area contributed by atoms with Crippen molar-refractivity contribution in [1.29, 1.82) is 0 Å². The maximum absolute atomic E-state index is 12.2. The van der Waals surface area contributed by atoms with Gasteiger partial charge >= 0.3 is 0 Å². The van der Waals surface area contributed by atoms with Gasteiger partial charge in [-0.1, -0.05) is 24.3 Å². The van der Waals surface area contributed by atoms with Gasteiger partial charge in [-0.3, -0.25) is 20.2 Å². The van der Waals surface area contributed by atoms with E-state index in [2.05, 4.69) is 10.3 Å². The Hall–Kier alpha value is -3.98. The first-order valence-corrected chi connectivity index (χ1v) is 9.67. The minimum atomic E-state index is -0.484. The summed E-state index contributed by atoms with van der Waals surface area (Å²) in [4.78, 5) is 26.9. The first-order valence-electron chi connectivity index (χ1n) is 8.79. The number of thiazole rings is 1. The molecule has 0 unspecified atom stereocenters. The number of non-ortho nitro benzene ring substituents is 1. The number of benzene rings is 2. The number of rotatable bonds is 6. The minimum Gasteiger partial charge on any atom is -0.493 e. The second kappa shape index (κ2) is 8.18. The second-order valence-corrected chi connectivity index (χ2v) is 7.06. The zero-order chi connectivity index (χ0) is 21.1. The molecule has 0 bridgehead atoms. The predicted molar refractivity (Wildman–Crippen MR) is 115 cm³/mol. The topological polar surface area (TPSA) is 108 Å². The van der Waals surface area contributed by atoms with Crippen LogP contribution in [0.1, 0.15) is 5.56 Å². The zero-order valence-corrected chi connectivity index (χ0v) is 16.5. The Bertz CT molecular complexity index is 1270. The number of hydrogen-bond acceptors (Lipinski definition) is 7. The molecule has 150 valence electrons. The van der Waals surface area contributed by atoms with Crippen molar-refractivity contribution in [3.8, 4) is 17.2 Å². The van der Waals surface area contributed by atoms with E-state index < -0.39 is 10.8 Å². The highest BCUT2D eigenvalue weighted by Crippen LogP contribution is 2.34.